The second-order valence-electron chi connectivity index (χ2n) is 5.64. The third kappa shape index (κ3) is 3.41. The number of ether oxygens (including phenoxy) is 1. The van der Waals surface area contributed by atoms with Gasteiger partial charge in [0.1, 0.15) is 18.6 Å². The highest BCUT2D eigenvalue weighted by Crippen LogP contribution is 2.26. The zero-order valence-corrected chi connectivity index (χ0v) is 14.9. The molecule has 0 aliphatic carbocycles. The van der Waals surface area contributed by atoms with Gasteiger partial charge in [0, 0.05) is 19.0 Å². The Hall–Kier alpha value is -1.83. The third-order valence-corrected chi connectivity index (χ3v) is 4.23. The Morgan fingerprint density at radius 1 is 1.43 bits per heavy atom. The second kappa shape index (κ2) is 7.16. The molecule has 23 heavy (non-hydrogen) atoms. The monoisotopic (exact) mass is 384 g/mol. The number of carbonyl (C=O) groups excluding carboxylic acids is 1. The molecule has 0 atom stereocenters. The number of rotatable bonds is 2. The molecule has 1 aliphatic rings. The van der Waals surface area contributed by atoms with E-state index >= 15 is 0 Å². The Labute approximate surface area is 144 Å². The van der Waals surface area contributed by atoms with Crippen molar-refractivity contribution in [3.05, 3.63) is 34.6 Å². The van der Waals surface area contributed by atoms with E-state index in [4.69, 9.17) is 4.74 Å². The summed E-state index contributed by atoms with van der Waals surface area (Å²) in [5, 5.41) is 0. The molecule has 1 fully saturated rings. The molecule has 0 radical (unpaired) electrons. The molecule has 2 aromatic rings. The molecule has 0 aromatic carbocycles. The van der Waals surface area contributed by atoms with Crippen LogP contribution < -0.4 is 27.1 Å². The number of halogens is 1. The van der Waals surface area contributed by atoms with Gasteiger partial charge >= 0.3 is 17.3 Å². The van der Waals surface area contributed by atoms with Gasteiger partial charge in [-0.15, -0.1) is 0 Å². The van der Waals surface area contributed by atoms with Gasteiger partial charge in [-0.25, -0.2) is 9.36 Å². The van der Waals surface area contributed by atoms with Gasteiger partial charge < -0.3 is 31.6 Å². The summed E-state index contributed by atoms with van der Waals surface area (Å²) >= 11 is 0. The predicted molar refractivity (Wildman–Crippen MR) is 79.8 cm³/mol. The van der Waals surface area contributed by atoms with Crippen molar-refractivity contribution in [3.63, 3.8) is 0 Å². The molecule has 3 rings (SSSR count). The Balaban J connectivity index is 0.00000192. The van der Waals surface area contributed by atoms with Crippen LogP contribution in [0.25, 0.3) is 5.65 Å². The van der Waals surface area contributed by atoms with E-state index in [2.05, 4.69) is 4.98 Å². The van der Waals surface area contributed by atoms with E-state index in [1.165, 1.54) is 0 Å². The first kappa shape index (κ1) is 17.5. The summed E-state index contributed by atoms with van der Waals surface area (Å²) in [7, 11) is 1.85. The number of aromatic amines is 1. The molecule has 2 aromatic heterocycles. The number of aryl methyl sites for hydroxylation is 1. The molecule has 1 amide bonds. The van der Waals surface area contributed by atoms with Gasteiger partial charge in [-0.2, -0.15) is 4.40 Å². The van der Waals surface area contributed by atoms with Gasteiger partial charge in [-0.3, -0.25) is 4.79 Å². The minimum absolute atomic E-state index is 0. The fourth-order valence-electron chi connectivity index (χ4n) is 3.04. The van der Waals surface area contributed by atoms with Crippen LogP contribution in [0.4, 0.5) is 4.79 Å². The van der Waals surface area contributed by atoms with Gasteiger partial charge in [-0.05, 0) is 19.8 Å². The summed E-state index contributed by atoms with van der Waals surface area (Å²) in [6.07, 6.45) is 7.12. The van der Waals surface area contributed by atoms with Gasteiger partial charge in [0.2, 0.25) is 0 Å². The van der Waals surface area contributed by atoms with Crippen LogP contribution in [-0.2, 0) is 11.8 Å². The Morgan fingerprint density at radius 2 is 2.13 bits per heavy atom. The molecular formula is C15H21BrN4O3. The number of likely N-dealkylation sites (tertiary alicyclic amines) is 1. The normalized spacial score (nSPS) is 15.5. The van der Waals surface area contributed by atoms with Crippen molar-refractivity contribution >= 4 is 11.7 Å². The maximum atomic E-state index is 12.2. The lowest BCUT2D eigenvalue weighted by atomic mass is 9.94. The molecular weight excluding hydrogens is 364 g/mol. The summed E-state index contributed by atoms with van der Waals surface area (Å²) in [6.45, 7) is 3.52. The van der Waals surface area contributed by atoms with E-state index in [-0.39, 0.29) is 34.6 Å². The molecule has 1 saturated heterocycles. The van der Waals surface area contributed by atoms with Gasteiger partial charge in [0.05, 0.1) is 19.3 Å². The first-order valence-electron chi connectivity index (χ1n) is 7.61. The van der Waals surface area contributed by atoms with Crippen LogP contribution in [0.1, 0.15) is 31.4 Å². The number of hydrogen-bond donors (Lipinski definition) is 1. The molecule has 3 heterocycles. The van der Waals surface area contributed by atoms with E-state index in [9.17, 15) is 9.59 Å². The van der Waals surface area contributed by atoms with E-state index in [0.717, 1.165) is 18.5 Å². The molecule has 0 saturated carbocycles. The number of piperidine rings is 1. The molecule has 1 N–H and O–H groups in total. The molecule has 0 bridgehead atoms. The number of amides is 1. The Kier molecular flexibility index (Phi) is 5.46. The van der Waals surface area contributed by atoms with E-state index in [0.29, 0.717) is 25.3 Å². The van der Waals surface area contributed by atoms with Crippen LogP contribution in [0.3, 0.4) is 0 Å². The molecule has 1 aliphatic heterocycles. The summed E-state index contributed by atoms with van der Waals surface area (Å²) in [4.78, 5) is 28.6. The number of nitrogens with zero attached hydrogens (tertiary/aromatic N) is 3. The molecule has 8 heteroatoms. The van der Waals surface area contributed by atoms with Gasteiger partial charge in [0.25, 0.3) is 0 Å². The lowest BCUT2D eigenvalue weighted by Gasteiger charge is -2.30. The molecule has 0 unspecified atom stereocenters. The van der Waals surface area contributed by atoms with Crippen molar-refractivity contribution in [1.82, 2.24) is 14.3 Å². The number of aromatic nitrogens is 3. The first-order valence-corrected chi connectivity index (χ1v) is 7.61. The molecule has 0 spiro atoms. The van der Waals surface area contributed by atoms with Crippen LogP contribution in [0.5, 0.6) is 0 Å². The summed E-state index contributed by atoms with van der Waals surface area (Å²) in [5.41, 5.74) is 1.46. The maximum Gasteiger partial charge on any atom is 0.409 e. The quantitative estimate of drug-likeness (QED) is 0.597. The second-order valence-corrected chi connectivity index (χ2v) is 5.64. The van der Waals surface area contributed by atoms with Crippen molar-refractivity contribution in [3.8, 4) is 0 Å². The number of fused-ring (bicyclic) bond motifs is 1. The average molecular weight is 385 g/mol. The van der Waals surface area contributed by atoms with Crippen LogP contribution >= 0.6 is 0 Å². The van der Waals surface area contributed by atoms with Gasteiger partial charge in [0.15, 0.2) is 0 Å². The van der Waals surface area contributed by atoms with Crippen molar-refractivity contribution in [1.29, 1.82) is 0 Å². The number of H-pyrrole nitrogens is 1. The topological polar surface area (TPSA) is 70.7 Å². The summed E-state index contributed by atoms with van der Waals surface area (Å²) < 4.78 is 8.67. The maximum absolute atomic E-state index is 12.2. The third-order valence-electron chi connectivity index (χ3n) is 4.23. The van der Waals surface area contributed by atoms with Crippen LogP contribution in [0, 0.1) is 0 Å². The fraction of sp³-hybridized carbons (Fsp3) is 0.533. The highest BCUT2D eigenvalue weighted by Gasteiger charge is 2.26. The highest BCUT2D eigenvalue weighted by atomic mass is 79.9. The Morgan fingerprint density at radius 3 is 2.78 bits per heavy atom. The zero-order valence-electron chi connectivity index (χ0n) is 13.3. The number of nitrogens with one attached hydrogen (secondary N) is 1. The van der Waals surface area contributed by atoms with E-state index < -0.39 is 0 Å². The van der Waals surface area contributed by atoms with Crippen LogP contribution in [0.2, 0.25) is 0 Å². The fourth-order valence-corrected chi connectivity index (χ4v) is 3.04. The van der Waals surface area contributed by atoms with Crippen LogP contribution in [-0.4, -0.2) is 40.1 Å². The lowest BCUT2D eigenvalue weighted by molar-refractivity contribution is -0.645. The summed E-state index contributed by atoms with van der Waals surface area (Å²) in [5.74, 6) is 0.260. The standard InChI is InChI=1S/C15H20N4O3.BrH/c1-3-22-15(21)18-6-4-11(5-7-18)12-10-19-9-8-17(2)14(19)13(20)16-12;/h8-11H,3-7H2,1-2H3;1H. The SMILES string of the molecule is CCOC(=O)N1CCC(c2cn3cc[n+](C)c3c(=O)[nH]2)CC1.[Br-]. The first-order chi connectivity index (χ1) is 10.6. The van der Waals surface area contributed by atoms with Crippen molar-refractivity contribution in [2.24, 2.45) is 7.05 Å². The largest absolute Gasteiger partial charge is 1.00 e. The molecule has 7 nitrogen and oxygen atoms in total. The minimum atomic E-state index is -0.248. The smallest absolute Gasteiger partial charge is 0.409 e. The average Bonchev–Trinajstić information content (AvgIpc) is 2.89. The lowest BCUT2D eigenvalue weighted by Crippen LogP contribution is -3.00. The van der Waals surface area contributed by atoms with E-state index in [1.807, 2.05) is 37.0 Å². The predicted octanol–water partition coefficient (Wildman–Crippen LogP) is -2.21. The number of hydrogen-bond acceptors (Lipinski definition) is 3. The van der Waals surface area contributed by atoms with E-state index in [1.54, 1.807) is 9.47 Å². The van der Waals surface area contributed by atoms with Crippen molar-refractivity contribution in [2.45, 2.75) is 25.7 Å². The molecule has 126 valence electrons. The minimum Gasteiger partial charge on any atom is -1.00 e. The zero-order chi connectivity index (χ0) is 15.7. The number of carbonyl (C=O) groups is 1. The van der Waals surface area contributed by atoms with Crippen LogP contribution in [0.15, 0.2) is 23.4 Å². The summed E-state index contributed by atoms with van der Waals surface area (Å²) in [6, 6.07) is 0. The highest BCUT2D eigenvalue weighted by molar-refractivity contribution is 5.67. The van der Waals surface area contributed by atoms with Crippen molar-refractivity contribution in [2.75, 3.05) is 19.7 Å². The van der Waals surface area contributed by atoms with Gasteiger partial charge in [-0.1, -0.05) is 0 Å². The van der Waals surface area contributed by atoms with Crippen molar-refractivity contribution < 1.29 is 31.1 Å². The number of imidazole rings is 1. The Bertz CT molecular complexity index is 747.